The minimum Gasteiger partial charge on any atom is -0.497 e. The summed E-state index contributed by atoms with van der Waals surface area (Å²) in [6, 6.07) is 31.5. The number of hydrogen-bond acceptors (Lipinski definition) is 5. The molecule has 1 saturated carbocycles. The van der Waals surface area contributed by atoms with Crippen molar-refractivity contribution < 1.29 is 22.7 Å². The van der Waals surface area contributed by atoms with E-state index in [9.17, 15) is 18.0 Å². The van der Waals surface area contributed by atoms with Gasteiger partial charge >= 0.3 is 0 Å². The summed E-state index contributed by atoms with van der Waals surface area (Å²) in [4.78, 5) is 30.5. The van der Waals surface area contributed by atoms with Crippen molar-refractivity contribution in [3.63, 3.8) is 0 Å². The molecule has 0 unspecified atom stereocenters. The second kappa shape index (κ2) is 16.0. The molecule has 1 aliphatic rings. The average Bonchev–Trinajstić information content (AvgIpc) is 3.62. The normalized spacial score (nSPS) is 14.0. The van der Waals surface area contributed by atoms with E-state index in [4.69, 9.17) is 4.74 Å². The number of carbonyl (C=O) groups is 2. The van der Waals surface area contributed by atoms with Gasteiger partial charge in [0.25, 0.3) is 10.0 Å². The van der Waals surface area contributed by atoms with Crippen molar-refractivity contribution >= 4 is 27.5 Å². The fourth-order valence-corrected chi connectivity index (χ4v) is 7.60. The van der Waals surface area contributed by atoms with Gasteiger partial charge in [-0.05, 0) is 71.8 Å². The lowest BCUT2D eigenvalue weighted by Gasteiger charge is -2.34. The minimum absolute atomic E-state index is 0.0407. The standard InChI is InChI=1S/C39H45N3O5S/c1-29(2)32-21-23-34(24-22-32)42(48(45,46)36-19-8-5-9-20-36)28-38(43)41(27-31-15-12-18-35(25-31)47-3)37(26-30-13-6-4-7-14-30)39(44)40-33-16-10-11-17-33/h4-9,12-15,18-25,29,33,37H,10-11,16-17,26-28H2,1-3H3,(H,40,44)/t37-/m1/s1. The maximum Gasteiger partial charge on any atom is 0.264 e. The Balaban J connectivity index is 1.57. The molecule has 1 fully saturated rings. The quantitative estimate of drug-likeness (QED) is 0.161. The molecule has 1 aliphatic carbocycles. The second-order valence-electron chi connectivity index (χ2n) is 12.6. The van der Waals surface area contributed by atoms with Gasteiger partial charge in [0, 0.05) is 19.0 Å². The summed E-state index contributed by atoms with van der Waals surface area (Å²) in [7, 11) is -2.58. The zero-order chi connectivity index (χ0) is 34.1. The minimum atomic E-state index is -4.16. The third-order valence-electron chi connectivity index (χ3n) is 8.92. The largest absolute Gasteiger partial charge is 0.497 e. The highest BCUT2D eigenvalue weighted by molar-refractivity contribution is 7.92. The molecule has 0 heterocycles. The van der Waals surface area contributed by atoms with Crippen LogP contribution in [0, 0.1) is 0 Å². The SMILES string of the molecule is COc1cccc(CN(C(=O)CN(c2ccc(C(C)C)cc2)S(=O)(=O)c2ccccc2)[C@H](Cc2ccccc2)C(=O)NC2CCCC2)c1. The average molecular weight is 668 g/mol. The number of methoxy groups -OCH3 is 1. The van der Waals surface area contributed by atoms with Crippen LogP contribution in [0.25, 0.3) is 0 Å². The monoisotopic (exact) mass is 667 g/mol. The Bertz CT molecular complexity index is 1760. The molecule has 5 rings (SSSR count). The van der Waals surface area contributed by atoms with Crippen molar-refractivity contribution in [2.24, 2.45) is 0 Å². The zero-order valence-corrected chi connectivity index (χ0v) is 28.7. The summed E-state index contributed by atoms with van der Waals surface area (Å²) in [5.74, 6) is 0.122. The van der Waals surface area contributed by atoms with Gasteiger partial charge in [0.05, 0.1) is 17.7 Å². The Labute approximate surface area is 284 Å². The molecule has 0 bridgehead atoms. The number of benzene rings is 4. The Hall–Kier alpha value is -4.63. The number of rotatable bonds is 14. The molecule has 0 aromatic heterocycles. The number of nitrogens with one attached hydrogen (secondary N) is 1. The van der Waals surface area contributed by atoms with Crippen LogP contribution in [0.5, 0.6) is 5.75 Å². The predicted molar refractivity (Wildman–Crippen MR) is 189 cm³/mol. The molecule has 1 N–H and O–H groups in total. The first-order valence-corrected chi connectivity index (χ1v) is 18.0. The number of hydrogen-bond donors (Lipinski definition) is 1. The highest BCUT2D eigenvalue weighted by Gasteiger charge is 2.35. The zero-order valence-electron chi connectivity index (χ0n) is 27.9. The summed E-state index contributed by atoms with van der Waals surface area (Å²) in [5.41, 5.74) is 3.07. The van der Waals surface area contributed by atoms with Gasteiger partial charge in [0.1, 0.15) is 18.3 Å². The van der Waals surface area contributed by atoms with Gasteiger partial charge in [0.2, 0.25) is 11.8 Å². The van der Waals surface area contributed by atoms with Crippen LogP contribution in [0.2, 0.25) is 0 Å². The topological polar surface area (TPSA) is 96.0 Å². The van der Waals surface area contributed by atoms with Gasteiger partial charge in [-0.15, -0.1) is 0 Å². The fraction of sp³-hybridized carbons (Fsp3) is 0.333. The van der Waals surface area contributed by atoms with Crippen LogP contribution >= 0.6 is 0 Å². The van der Waals surface area contributed by atoms with Crippen LogP contribution in [-0.4, -0.2) is 50.9 Å². The van der Waals surface area contributed by atoms with Crippen molar-refractivity contribution in [2.45, 2.75) is 75.4 Å². The van der Waals surface area contributed by atoms with E-state index < -0.39 is 28.5 Å². The van der Waals surface area contributed by atoms with E-state index >= 15 is 0 Å². The lowest BCUT2D eigenvalue weighted by Crippen LogP contribution is -2.54. The summed E-state index contributed by atoms with van der Waals surface area (Å²) in [5, 5.41) is 3.21. The van der Waals surface area contributed by atoms with E-state index in [2.05, 4.69) is 19.2 Å². The Morgan fingerprint density at radius 3 is 2.08 bits per heavy atom. The number of sulfonamides is 1. The van der Waals surface area contributed by atoms with Crippen LogP contribution in [0.1, 0.15) is 62.1 Å². The molecule has 0 saturated heterocycles. The molecule has 2 amide bonds. The van der Waals surface area contributed by atoms with Crippen LogP contribution in [0.15, 0.2) is 114 Å². The Morgan fingerprint density at radius 2 is 1.46 bits per heavy atom. The highest BCUT2D eigenvalue weighted by Crippen LogP contribution is 2.28. The molecule has 1 atom stereocenters. The van der Waals surface area contributed by atoms with Crippen LogP contribution in [-0.2, 0) is 32.6 Å². The molecule has 0 aliphatic heterocycles. The summed E-state index contributed by atoms with van der Waals surface area (Å²) < 4.78 is 35.1. The first kappa shape index (κ1) is 34.7. The van der Waals surface area contributed by atoms with Crippen LogP contribution in [0.3, 0.4) is 0 Å². The van der Waals surface area contributed by atoms with Crippen molar-refractivity contribution in [1.29, 1.82) is 0 Å². The molecule has 4 aromatic carbocycles. The molecule has 8 nitrogen and oxygen atoms in total. The van der Waals surface area contributed by atoms with E-state index in [1.54, 1.807) is 37.4 Å². The smallest absolute Gasteiger partial charge is 0.264 e. The van der Waals surface area contributed by atoms with E-state index in [0.29, 0.717) is 11.4 Å². The van der Waals surface area contributed by atoms with E-state index in [0.717, 1.165) is 46.7 Å². The van der Waals surface area contributed by atoms with Crippen molar-refractivity contribution in [2.75, 3.05) is 18.0 Å². The molecule has 0 spiro atoms. The van der Waals surface area contributed by atoms with Gasteiger partial charge in [-0.25, -0.2) is 8.42 Å². The van der Waals surface area contributed by atoms with Crippen molar-refractivity contribution in [3.8, 4) is 5.75 Å². The summed E-state index contributed by atoms with van der Waals surface area (Å²) >= 11 is 0. The Morgan fingerprint density at radius 1 is 0.833 bits per heavy atom. The molecule has 9 heteroatoms. The molecule has 252 valence electrons. The first-order chi connectivity index (χ1) is 23.2. The van der Waals surface area contributed by atoms with E-state index in [-0.39, 0.29) is 35.7 Å². The van der Waals surface area contributed by atoms with Crippen LogP contribution in [0.4, 0.5) is 5.69 Å². The lowest BCUT2D eigenvalue weighted by atomic mass is 10.0. The molecular formula is C39H45N3O5S. The molecule has 4 aromatic rings. The molecule has 48 heavy (non-hydrogen) atoms. The van der Waals surface area contributed by atoms with Gasteiger partial charge in [-0.1, -0.05) is 99.5 Å². The number of ether oxygens (including phenoxy) is 1. The number of amides is 2. The maximum absolute atomic E-state index is 14.7. The third kappa shape index (κ3) is 8.63. The number of anilines is 1. The summed E-state index contributed by atoms with van der Waals surface area (Å²) in [6.07, 6.45) is 4.14. The van der Waals surface area contributed by atoms with Gasteiger partial charge in [-0.3, -0.25) is 13.9 Å². The maximum atomic E-state index is 14.7. The number of nitrogens with zero attached hydrogens (tertiary/aromatic N) is 2. The fourth-order valence-electron chi connectivity index (χ4n) is 6.16. The second-order valence-corrected chi connectivity index (χ2v) is 14.5. The van der Waals surface area contributed by atoms with Gasteiger partial charge in [0.15, 0.2) is 0 Å². The number of carbonyl (C=O) groups excluding carboxylic acids is 2. The van der Waals surface area contributed by atoms with Gasteiger partial charge in [-0.2, -0.15) is 0 Å². The molecular weight excluding hydrogens is 623 g/mol. The van der Waals surface area contributed by atoms with Crippen molar-refractivity contribution in [3.05, 3.63) is 126 Å². The van der Waals surface area contributed by atoms with Crippen molar-refractivity contribution in [1.82, 2.24) is 10.2 Å². The summed E-state index contributed by atoms with van der Waals surface area (Å²) in [6.45, 7) is 3.72. The van der Waals surface area contributed by atoms with Gasteiger partial charge < -0.3 is 15.0 Å². The third-order valence-corrected chi connectivity index (χ3v) is 10.7. The Kier molecular flexibility index (Phi) is 11.5. The van der Waals surface area contributed by atoms with Crippen LogP contribution < -0.4 is 14.4 Å². The highest BCUT2D eigenvalue weighted by atomic mass is 32.2. The predicted octanol–water partition coefficient (Wildman–Crippen LogP) is 6.71. The first-order valence-electron chi connectivity index (χ1n) is 16.6. The lowest BCUT2D eigenvalue weighted by molar-refractivity contribution is -0.140. The molecule has 0 radical (unpaired) electrons. The van der Waals surface area contributed by atoms with E-state index in [1.807, 2.05) is 66.7 Å². The van der Waals surface area contributed by atoms with E-state index in [1.165, 1.54) is 17.0 Å².